The first kappa shape index (κ1) is 17.5. The van der Waals surface area contributed by atoms with Crippen molar-refractivity contribution in [2.45, 2.75) is 49.9 Å². The van der Waals surface area contributed by atoms with Gasteiger partial charge in [0, 0.05) is 13.6 Å². The number of likely N-dealkylation sites (N-methyl/N-ethyl adjacent to an activating group) is 1. The number of ether oxygens (including phenoxy) is 1. The maximum Gasteiger partial charge on any atom is 0.317 e. The quantitative estimate of drug-likeness (QED) is 0.838. The molecule has 4 aliphatic carbocycles. The lowest BCUT2D eigenvalue weighted by atomic mass is 9.46. The number of hydrogen-bond acceptors (Lipinski definition) is 3. The minimum absolute atomic E-state index is 0.00540. The summed E-state index contributed by atoms with van der Waals surface area (Å²) in [6.07, 6.45) is 5.18. The van der Waals surface area contributed by atoms with Gasteiger partial charge < -0.3 is 20.1 Å². The molecule has 27 heavy (non-hydrogen) atoms. The lowest BCUT2D eigenvalue weighted by molar-refractivity contribution is -0.182. The van der Waals surface area contributed by atoms with Gasteiger partial charge in [0.05, 0.1) is 24.4 Å². The standard InChI is InChI=1S/C22H30N2O3/c1-24-20(25)23-13-22(24,14-27-12-15-5-3-2-4-6-15)19-17-7-16-8-18(19)11-21(26,9-16)10-17/h2-6,16-19,26H,7-14H2,1H3,(H,23,25). The molecule has 4 bridgehead atoms. The van der Waals surface area contributed by atoms with Gasteiger partial charge in [0.15, 0.2) is 0 Å². The van der Waals surface area contributed by atoms with E-state index >= 15 is 0 Å². The zero-order valence-corrected chi connectivity index (χ0v) is 16.1. The fraction of sp³-hybridized carbons (Fsp3) is 0.682. The van der Waals surface area contributed by atoms with Crippen LogP contribution in [0.25, 0.3) is 0 Å². The second-order valence-electron chi connectivity index (χ2n) is 9.52. The van der Waals surface area contributed by atoms with Gasteiger partial charge in [-0.25, -0.2) is 4.79 Å². The normalized spacial score (nSPS) is 42.6. The number of rotatable bonds is 5. The van der Waals surface area contributed by atoms with Gasteiger partial charge in [0.25, 0.3) is 0 Å². The lowest BCUT2D eigenvalue weighted by Gasteiger charge is -2.62. The average molecular weight is 370 g/mol. The molecule has 146 valence electrons. The van der Waals surface area contributed by atoms with E-state index in [0.29, 0.717) is 43.4 Å². The molecule has 1 heterocycles. The van der Waals surface area contributed by atoms with E-state index in [0.717, 1.165) is 24.8 Å². The van der Waals surface area contributed by atoms with Crippen LogP contribution in [0.3, 0.4) is 0 Å². The number of amides is 2. The molecule has 1 saturated heterocycles. The average Bonchev–Trinajstić information content (AvgIpc) is 2.90. The summed E-state index contributed by atoms with van der Waals surface area (Å²) in [5.41, 5.74) is 0.408. The second kappa shape index (κ2) is 6.21. The number of carbonyl (C=O) groups excluding carboxylic acids is 1. The van der Waals surface area contributed by atoms with Crippen molar-refractivity contribution in [3.8, 4) is 0 Å². The van der Waals surface area contributed by atoms with Crippen LogP contribution in [-0.4, -0.2) is 47.4 Å². The van der Waals surface area contributed by atoms with Crippen LogP contribution < -0.4 is 5.32 Å². The molecule has 1 aromatic carbocycles. The highest BCUT2D eigenvalue weighted by Crippen LogP contribution is 2.61. The summed E-state index contributed by atoms with van der Waals surface area (Å²) >= 11 is 0. The van der Waals surface area contributed by atoms with Gasteiger partial charge >= 0.3 is 6.03 Å². The van der Waals surface area contributed by atoms with Crippen LogP contribution in [0.2, 0.25) is 0 Å². The van der Waals surface area contributed by atoms with Crippen molar-refractivity contribution in [1.29, 1.82) is 0 Å². The van der Waals surface area contributed by atoms with Gasteiger partial charge in [-0.3, -0.25) is 0 Å². The van der Waals surface area contributed by atoms with Crippen LogP contribution in [0.4, 0.5) is 4.79 Å². The predicted octanol–water partition coefficient (Wildman–Crippen LogP) is 2.78. The molecule has 3 atom stereocenters. The van der Waals surface area contributed by atoms with Crippen molar-refractivity contribution < 1.29 is 14.6 Å². The Hall–Kier alpha value is -1.59. The Kier molecular flexibility index (Phi) is 4.03. The minimum Gasteiger partial charge on any atom is -0.390 e. The molecule has 4 saturated carbocycles. The van der Waals surface area contributed by atoms with E-state index < -0.39 is 5.60 Å². The highest BCUT2D eigenvalue weighted by Gasteiger charge is 2.63. The Morgan fingerprint density at radius 3 is 2.48 bits per heavy atom. The summed E-state index contributed by atoms with van der Waals surface area (Å²) in [7, 11) is 1.92. The molecule has 2 amide bonds. The fourth-order valence-corrected chi connectivity index (χ4v) is 7.03. The van der Waals surface area contributed by atoms with E-state index in [4.69, 9.17) is 4.74 Å². The third-order valence-corrected chi connectivity index (χ3v) is 7.84. The van der Waals surface area contributed by atoms with E-state index in [1.54, 1.807) is 0 Å². The Bertz CT molecular complexity index is 708. The van der Waals surface area contributed by atoms with E-state index in [2.05, 4.69) is 17.4 Å². The smallest absolute Gasteiger partial charge is 0.317 e. The number of benzene rings is 1. The first-order chi connectivity index (χ1) is 13.0. The largest absolute Gasteiger partial charge is 0.390 e. The maximum atomic E-state index is 12.4. The molecule has 0 spiro atoms. The first-order valence-corrected chi connectivity index (χ1v) is 10.3. The molecule has 3 unspecified atom stereocenters. The summed E-state index contributed by atoms with van der Waals surface area (Å²) in [6, 6.07) is 10.2. The van der Waals surface area contributed by atoms with Gasteiger partial charge in [0.1, 0.15) is 0 Å². The van der Waals surface area contributed by atoms with E-state index in [9.17, 15) is 9.90 Å². The molecule has 5 nitrogen and oxygen atoms in total. The Balaban J connectivity index is 1.39. The Labute approximate surface area is 161 Å². The summed E-state index contributed by atoms with van der Waals surface area (Å²) < 4.78 is 6.21. The van der Waals surface area contributed by atoms with Crippen LogP contribution >= 0.6 is 0 Å². The van der Waals surface area contributed by atoms with Crippen molar-refractivity contribution in [3.05, 3.63) is 35.9 Å². The maximum absolute atomic E-state index is 12.4. The zero-order valence-electron chi connectivity index (χ0n) is 16.1. The first-order valence-electron chi connectivity index (χ1n) is 10.3. The van der Waals surface area contributed by atoms with Gasteiger partial charge in [-0.1, -0.05) is 30.3 Å². The molecule has 5 aliphatic rings. The zero-order chi connectivity index (χ0) is 18.6. The van der Waals surface area contributed by atoms with Crippen molar-refractivity contribution >= 4 is 6.03 Å². The number of urea groups is 1. The number of aliphatic hydroxyl groups is 1. The summed E-state index contributed by atoms with van der Waals surface area (Å²) in [4.78, 5) is 14.3. The fourth-order valence-electron chi connectivity index (χ4n) is 7.03. The SMILES string of the molecule is CN1C(=O)NCC1(COCc1ccccc1)C1C2CC3CC1CC(O)(C3)C2. The summed E-state index contributed by atoms with van der Waals surface area (Å²) in [5.74, 6) is 2.07. The third kappa shape index (κ3) is 2.78. The highest BCUT2D eigenvalue weighted by atomic mass is 16.5. The molecular weight excluding hydrogens is 340 g/mol. The second-order valence-corrected chi connectivity index (χ2v) is 9.52. The van der Waals surface area contributed by atoms with Gasteiger partial charge in [-0.2, -0.15) is 0 Å². The topological polar surface area (TPSA) is 61.8 Å². The van der Waals surface area contributed by atoms with Crippen molar-refractivity contribution in [2.24, 2.45) is 23.7 Å². The minimum atomic E-state index is -0.451. The molecule has 5 fully saturated rings. The predicted molar refractivity (Wildman–Crippen MR) is 102 cm³/mol. The lowest BCUT2D eigenvalue weighted by Crippen LogP contribution is -2.66. The van der Waals surface area contributed by atoms with Gasteiger partial charge in [0.2, 0.25) is 0 Å². The highest BCUT2D eigenvalue weighted by molar-refractivity contribution is 5.77. The van der Waals surface area contributed by atoms with Gasteiger partial charge in [-0.05, 0) is 61.3 Å². The Morgan fingerprint density at radius 1 is 1.19 bits per heavy atom. The third-order valence-electron chi connectivity index (χ3n) is 7.84. The Morgan fingerprint density at radius 2 is 1.89 bits per heavy atom. The monoisotopic (exact) mass is 370 g/mol. The summed E-state index contributed by atoms with van der Waals surface area (Å²) in [5, 5.41) is 14.0. The number of carbonyl (C=O) groups is 1. The number of nitrogens with one attached hydrogen (secondary N) is 1. The van der Waals surface area contributed by atoms with E-state index in [1.807, 2.05) is 30.1 Å². The van der Waals surface area contributed by atoms with Crippen LogP contribution in [0.1, 0.15) is 37.7 Å². The van der Waals surface area contributed by atoms with Crippen molar-refractivity contribution in [1.82, 2.24) is 10.2 Å². The van der Waals surface area contributed by atoms with Crippen molar-refractivity contribution in [3.63, 3.8) is 0 Å². The van der Waals surface area contributed by atoms with E-state index in [1.165, 1.54) is 12.8 Å². The molecule has 2 N–H and O–H groups in total. The molecule has 6 rings (SSSR count). The van der Waals surface area contributed by atoms with Crippen LogP contribution in [0.15, 0.2) is 30.3 Å². The molecule has 1 aromatic rings. The van der Waals surface area contributed by atoms with E-state index in [-0.39, 0.29) is 11.6 Å². The van der Waals surface area contributed by atoms with Crippen LogP contribution in [0.5, 0.6) is 0 Å². The van der Waals surface area contributed by atoms with Crippen LogP contribution in [0, 0.1) is 23.7 Å². The summed E-state index contributed by atoms with van der Waals surface area (Å²) in [6.45, 7) is 1.77. The molecule has 5 heteroatoms. The number of nitrogens with zero attached hydrogens (tertiary/aromatic N) is 1. The van der Waals surface area contributed by atoms with Crippen LogP contribution in [-0.2, 0) is 11.3 Å². The molecule has 1 aliphatic heterocycles. The van der Waals surface area contributed by atoms with Crippen molar-refractivity contribution in [2.75, 3.05) is 20.2 Å². The molecule has 0 radical (unpaired) electrons. The molecule has 0 aromatic heterocycles. The van der Waals surface area contributed by atoms with Gasteiger partial charge in [-0.15, -0.1) is 0 Å². The molecular formula is C22H30N2O3. The number of hydrogen-bond donors (Lipinski definition) is 2.